The van der Waals surface area contributed by atoms with Gasteiger partial charge in [0.05, 0.1) is 6.54 Å². The Balaban J connectivity index is 1.41. The number of carboxylic acid groups (broad SMARTS) is 1. The summed E-state index contributed by atoms with van der Waals surface area (Å²) in [5.74, 6) is 2.38. The van der Waals surface area contributed by atoms with Crippen molar-refractivity contribution in [2.75, 3.05) is 13.2 Å². The molecular weight excluding hydrogens is 434 g/mol. The van der Waals surface area contributed by atoms with Crippen LogP contribution < -0.4 is 10.6 Å². The van der Waals surface area contributed by atoms with E-state index in [1.54, 1.807) is 18.3 Å². The van der Waals surface area contributed by atoms with Crippen molar-refractivity contribution in [3.63, 3.8) is 0 Å². The van der Waals surface area contributed by atoms with E-state index in [4.69, 9.17) is 9.84 Å². The molecule has 34 heavy (non-hydrogen) atoms. The monoisotopic (exact) mass is 457 g/mol. The van der Waals surface area contributed by atoms with Crippen LogP contribution in [0.2, 0.25) is 0 Å². The highest BCUT2D eigenvalue weighted by Gasteiger charge is 2.29. The van der Waals surface area contributed by atoms with Gasteiger partial charge in [-0.05, 0) is 34.4 Å². The van der Waals surface area contributed by atoms with E-state index in [9.17, 15) is 14.4 Å². The zero-order valence-corrected chi connectivity index (χ0v) is 18.2. The standard InChI is InChI=1S/C26H23N3O5/c30-24(31)12-6-14-28-25(32)23(15-17-7-5-13-27-17)29-26(33)34-16-22-20-10-3-1-8-18(20)19-9-2-4-11-21(19)22/h1-5,7-11,13,22-23,27H,14-16H2,(H,28,32)(H,29,33)(H,30,31). The molecular formula is C26H23N3O5. The first-order valence-electron chi connectivity index (χ1n) is 10.8. The minimum Gasteiger partial charge on any atom is -0.472 e. The summed E-state index contributed by atoms with van der Waals surface area (Å²) in [5, 5.41) is 13.7. The third kappa shape index (κ3) is 5.27. The van der Waals surface area contributed by atoms with Gasteiger partial charge >= 0.3 is 12.1 Å². The number of ether oxygens (including phenoxy) is 1. The second-order valence-electron chi connectivity index (χ2n) is 7.75. The van der Waals surface area contributed by atoms with E-state index in [1.165, 1.54) is 0 Å². The second-order valence-corrected chi connectivity index (χ2v) is 7.75. The third-order valence-corrected chi connectivity index (χ3v) is 5.58. The average molecular weight is 457 g/mol. The zero-order chi connectivity index (χ0) is 23.9. The van der Waals surface area contributed by atoms with E-state index in [0.29, 0.717) is 0 Å². The van der Waals surface area contributed by atoms with Gasteiger partial charge in [-0.25, -0.2) is 9.59 Å². The highest BCUT2D eigenvalue weighted by Crippen LogP contribution is 2.44. The molecule has 0 fully saturated rings. The van der Waals surface area contributed by atoms with Crippen molar-refractivity contribution in [2.45, 2.75) is 18.4 Å². The molecule has 0 bridgehead atoms. The molecule has 2 amide bonds. The third-order valence-electron chi connectivity index (χ3n) is 5.58. The molecule has 0 aliphatic heterocycles. The molecule has 2 aromatic carbocycles. The number of hydrogen-bond acceptors (Lipinski definition) is 4. The molecule has 0 saturated carbocycles. The van der Waals surface area contributed by atoms with Gasteiger partial charge < -0.3 is 25.5 Å². The Morgan fingerprint density at radius 1 is 1.00 bits per heavy atom. The number of benzene rings is 2. The van der Waals surface area contributed by atoms with Gasteiger partial charge in [-0.15, -0.1) is 0 Å². The second kappa shape index (κ2) is 10.4. The van der Waals surface area contributed by atoms with E-state index in [2.05, 4.69) is 33.7 Å². The first kappa shape index (κ1) is 22.7. The summed E-state index contributed by atoms with van der Waals surface area (Å²) >= 11 is 0. The van der Waals surface area contributed by atoms with E-state index >= 15 is 0 Å². The largest absolute Gasteiger partial charge is 0.472 e. The molecule has 8 nitrogen and oxygen atoms in total. The van der Waals surface area contributed by atoms with Crippen LogP contribution >= 0.6 is 0 Å². The van der Waals surface area contributed by atoms with Crippen LogP contribution in [0.25, 0.3) is 11.1 Å². The van der Waals surface area contributed by atoms with Crippen LogP contribution in [0, 0.1) is 11.8 Å². The van der Waals surface area contributed by atoms with Crippen molar-refractivity contribution in [1.82, 2.24) is 15.6 Å². The quantitative estimate of drug-likeness (QED) is 0.407. The van der Waals surface area contributed by atoms with Crippen LogP contribution in [0.4, 0.5) is 4.79 Å². The van der Waals surface area contributed by atoms with Crippen molar-refractivity contribution in [3.05, 3.63) is 83.7 Å². The first-order chi connectivity index (χ1) is 16.5. The van der Waals surface area contributed by atoms with Gasteiger partial charge in [0, 0.05) is 30.1 Å². The highest BCUT2D eigenvalue weighted by atomic mass is 16.5. The van der Waals surface area contributed by atoms with Crippen molar-refractivity contribution in [3.8, 4) is 23.0 Å². The van der Waals surface area contributed by atoms with E-state index in [-0.39, 0.29) is 25.5 Å². The Bertz CT molecular complexity index is 1210. The molecule has 8 heteroatoms. The Morgan fingerprint density at radius 2 is 1.68 bits per heavy atom. The molecule has 0 spiro atoms. The maximum absolute atomic E-state index is 12.7. The lowest BCUT2D eigenvalue weighted by Crippen LogP contribution is -2.48. The predicted molar refractivity (Wildman–Crippen MR) is 125 cm³/mol. The number of hydrogen-bond donors (Lipinski definition) is 4. The summed E-state index contributed by atoms with van der Waals surface area (Å²) in [7, 11) is 0. The maximum Gasteiger partial charge on any atom is 0.407 e. The summed E-state index contributed by atoms with van der Waals surface area (Å²) in [5.41, 5.74) is 5.18. The van der Waals surface area contributed by atoms with Crippen LogP contribution in [0.3, 0.4) is 0 Å². The molecule has 4 N–H and O–H groups in total. The summed E-state index contributed by atoms with van der Waals surface area (Å²) in [4.78, 5) is 38.8. The van der Waals surface area contributed by atoms with Gasteiger partial charge in [-0.3, -0.25) is 4.79 Å². The number of amides is 2. The lowest BCUT2D eigenvalue weighted by Gasteiger charge is -2.19. The summed E-state index contributed by atoms with van der Waals surface area (Å²) < 4.78 is 5.55. The number of H-pyrrole nitrogens is 1. The Kier molecular flexibility index (Phi) is 6.94. The van der Waals surface area contributed by atoms with Crippen molar-refractivity contribution >= 4 is 18.0 Å². The number of aromatic amines is 1. The van der Waals surface area contributed by atoms with Gasteiger partial charge in [0.1, 0.15) is 12.6 Å². The van der Waals surface area contributed by atoms with Gasteiger partial charge in [0.25, 0.3) is 0 Å². The number of rotatable bonds is 7. The Labute approximate surface area is 196 Å². The zero-order valence-electron chi connectivity index (χ0n) is 18.2. The lowest BCUT2D eigenvalue weighted by atomic mass is 9.98. The fourth-order valence-electron chi connectivity index (χ4n) is 4.08. The van der Waals surface area contributed by atoms with Crippen LogP contribution in [-0.2, 0) is 20.7 Å². The summed E-state index contributed by atoms with van der Waals surface area (Å²) in [6, 6.07) is 18.7. The average Bonchev–Trinajstić information content (AvgIpc) is 3.46. The number of aliphatic carboxylic acids is 1. The normalized spacial score (nSPS) is 12.5. The van der Waals surface area contributed by atoms with Crippen LogP contribution in [-0.4, -0.2) is 47.3 Å². The number of fused-ring (bicyclic) bond motifs is 3. The smallest absolute Gasteiger partial charge is 0.407 e. The van der Waals surface area contributed by atoms with E-state index < -0.39 is 24.0 Å². The molecule has 1 unspecified atom stereocenters. The van der Waals surface area contributed by atoms with Crippen molar-refractivity contribution in [1.29, 1.82) is 0 Å². The fraction of sp³-hybridized carbons (Fsp3) is 0.192. The minimum atomic E-state index is -1.28. The Hall–Kier alpha value is -4.51. The lowest BCUT2D eigenvalue weighted by molar-refractivity contribution is -0.130. The van der Waals surface area contributed by atoms with Crippen LogP contribution in [0.15, 0.2) is 66.9 Å². The van der Waals surface area contributed by atoms with E-state index in [1.807, 2.05) is 42.3 Å². The molecule has 3 aromatic rings. The Morgan fingerprint density at radius 3 is 2.29 bits per heavy atom. The molecule has 0 saturated heterocycles. The number of alkyl carbamates (subject to hydrolysis) is 1. The number of carboxylic acids is 1. The molecule has 4 rings (SSSR count). The molecule has 1 heterocycles. The number of carbonyl (C=O) groups is 3. The molecule has 1 aliphatic carbocycles. The summed E-state index contributed by atoms with van der Waals surface area (Å²) in [6.45, 7) is -0.0283. The van der Waals surface area contributed by atoms with E-state index in [0.717, 1.165) is 27.9 Å². The molecule has 1 aromatic heterocycles. The van der Waals surface area contributed by atoms with Gasteiger partial charge in [0.2, 0.25) is 5.91 Å². The van der Waals surface area contributed by atoms with Crippen molar-refractivity contribution < 1.29 is 24.2 Å². The van der Waals surface area contributed by atoms with Gasteiger partial charge in [-0.2, -0.15) is 0 Å². The molecule has 0 radical (unpaired) electrons. The highest BCUT2D eigenvalue weighted by molar-refractivity contribution is 5.88. The van der Waals surface area contributed by atoms with Crippen LogP contribution in [0.1, 0.15) is 22.7 Å². The molecule has 1 aliphatic rings. The minimum absolute atomic E-state index is 0.0971. The first-order valence-corrected chi connectivity index (χ1v) is 10.8. The summed E-state index contributed by atoms with van der Waals surface area (Å²) in [6.07, 6.45) is 1.20. The number of aromatic nitrogens is 1. The molecule has 172 valence electrons. The maximum atomic E-state index is 12.7. The topological polar surface area (TPSA) is 121 Å². The van der Waals surface area contributed by atoms with Gasteiger partial charge in [-0.1, -0.05) is 54.5 Å². The predicted octanol–water partition coefficient (Wildman–Crippen LogP) is 2.67. The SMILES string of the molecule is O=C(O)C#CCNC(=O)C(Cc1ccc[nH]1)NC(=O)OCC1c2ccccc2-c2ccccc21. The fourth-order valence-corrected chi connectivity index (χ4v) is 4.08. The number of carbonyl (C=O) groups excluding carboxylic acids is 2. The van der Waals surface area contributed by atoms with Gasteiger partial charge in [0.15, 0.2) is 0 Å². The molecule has 1 atom stereocenters. The van der Waals surface area contributed by atoms with Crippen molar-refractivity contribution in [2.24, 2.45) is 0 Å². The number of nitrogens with one attached hydrogen (secondary N) is 3. The van der Waals surface area contributed by atoms with Crippen LogP contribution in [0.5, 0.6) is 0 Å².